The zero-order valence-electron chi connectivity index (χ0n) is 11.0. The van der Waals surface area contributed by atoms with Crippen molar-refractivity contribution in [2.24, 2.45) is 0 Å². The number of nitrogen functional groups attached to an aromatic ring is 1. The van der Waals surface area contributed by atoms with E-state index in [1.807, 2.05) is 12.1 Å². The van der Waals surface area contributed by atoms with Crippen LogP contribution in [0.4, 0.5) is 5.82 Å². The van der Waals surface area contributed by atoms with Crippen molar-refractivity contribution in [1.29, 1.82) is 0 Å². The van der Waals surface area contributed by atoms with Gasteiger partial charge in [0.05, 0.1) is 11.6 Å². The van der Waals surface area contributed by atoms with Crippen LogP contribution in [0, 0.1) is 0 Å². The second-order valence-corrected chi connectivity index (χ2v) is 5.05. The number of aromatic nitrogens is 3. The van der Waals surface area contributed by atoms with Crippen LogP contribution in [0.2, 0.25) is 0 Å². The van der Waals surface area contributed by atoms with Gasteiger partial charge in [0, 0.05) is 11.3 Å². The molecular formula is C15H14N4O. The lowest BCUT2D eigenvalue weighted by Gasteiger charge is -2.19. The lowest BCUT2D eigenvalue weighted by Crippen LogP contribution is -2.09. The molecule has 0 unspecified atom stereocenters. The Morgan fingerprint density at radius 3 is 2.90 bits per heavy atom. The van der Waals surface area contributed by atoms with Crippen molar-refractivity contribution >= 4 is 16.9 Å². The average Bonchev–Trinajstić information content (AvgIpc) is 2.99. The molecule has 20 heavy (non-hydrogen) atoms. The van der Waals surface area contributed by atoms with Gasteiger partial charge in [0.1, 0.15) is 17.9 Å². The number of hydrogen-bond acceptors (Lipinski definition) is 5. The van der Waals surface area contributed by atoms with E-state index >= 15 is 0 Å². The van der Waals surface area contributed by atoms with Crippen LogP contribution in [0.3, 0.4) is 0 Å². The first kappa shape index (κ1) is 11.4. The first-order valence-electron chi connectivity index (χ1n) is 6.80. The van der Waals surface area contributed by atoms with Gasteiger partial charge in [-0.3, -0.25) is 0 Å². The van der Waals surface area contributed by atoms with Gasteiger partial charge in [0.2, 0.25) is 0 Å². The first-order chi connectivity index (χ1) is 9.84. The molecule has 100 valence electrons. The molecule has 0 spiro atoms. The molecule has 0 aliphatic heterocycles. The predicted octanol–water partition coefficient (Wildman–Crippen LogP) is 2.75. The van der Waals surface area contributed by atoms with Crippen molar-refractivity contribution in [1.82, 2.24) is 15.0 Å². The molecule has 3 heterocycles. The highest BCUT2D eigenvalue weighted by atomic mass is 16.3. The molecule has 0 radical (unpaired) electrons. The van der Waals surface area contributed by atoms with E-state index in [1.165, 1.54) is 24.7 Å². The maximum Gasteiger partial charge on any atom is 0.165 e. The molecule has 3 aromatic heterocycles. The quantitative estimate of drug-likeness (QED) is 0.732. The third-order valence-corrected chi connectivity index (χ3v) is 3.86. The molecule has 4 rings (SSSR count). The smallest absolute Gasteiger partial charge is 0.165 e. The van der Waals surface area contributed by atoms with Crippen molar-refractivity contribution in [2.45, 2.75) is 25.7 Å². The minimum atomic E-state index is 0.460. The number of furan rings is 1. The van der Waals surface area contributed by atoms with Crippen molar-refractivity contribution < 1.29 is 4.42 Å². The fourth-order valence-corrected chi connectivity index (χ4v) is 2.97. The summed E-state index contributed by atoms with van der Waals surface area (Å²) < 4.78 is 5.61. The first-order valence-corrected chi connectivity index (χ1v) is 6.80. The minimum Gasteiger partial charge on any atom is -0.464 e. The van der Waals surface area contributed by atoms with E-state index in [4.69, 9.17) is 10.2 Å². The number of nitrogens with two attached hydrogens (primary N) is 1. The van der Waals surface area contributed by atoms with Crippen molar-refractivity contribution in [3.63, 3.8) is 0 Å². The standard InChI is InChI=1S/C15H14N4O/c16-14-13-12(11-6-3-7-20-11)9-4-1-2-5-10(9)19-15(13)18-8-17-14/h3,6-8H,1-2,4-5H2,(H2,16,17,18,19). The van der Waals surface area contributed by atoms with Crippen molar-refractivity contribution in [2.75, 3.05) is 5.73 Å². The molecule has 3 aromatic rings. The number of nitrogens with zero attached hydrogens (tertiary/aromatic N) is 3. The highest BCUT2D eigenvalue weighted by Gasteiger charge is 2.22. The Morgan fingerprint density at radius 1 is 1.15 bits per heavy atom. The summed E-state index contributed by atoms with van der Waals surface area (Å²) in [4.78, 5) is 13.1. The zero-order chi connectivity index (χ0) is 13.5. The van der Waals surface area contributed by atoms with E-state index in [0.29, 0.717) is 11.5 Å². The van der Waals surface area contributed by atoms with E-state index in [0.717, 1.165) is 35.2 Å². The van der Waals surface area contributed by atoms with Crippen molar-refractivity contribution in [3.8, 4) is 11.3 Å². The lowest BCUT2D eigenvalue weighted by molar-refractivity contribution is 0.580. The Balaban J connectivity index is 2.16. The SMILES string of the molecule is Nc1ncnc2nc3c(c(-c4ccco4)c12)CCCC3. The molecular weight excluding hydrogens is 252 g/mol. The van der Waals surface area contributed by atoms with Crippen LogP contribution in [0.15, 0.2) is 29.1 Å². The maximum absolute atomic E-state index is 6.06. The summed E-state index contributed by atoms with van der Waals surface area (Å²) in [6, 6.07) is 3.84. The van der Waals surface area contributed by atoms with Crippen LogP contribution in [0.5, 0.6) is 0 Å². The van der Waals surface area contributed by atoms with E-state index in [1.54, 1.807) is 6.26 Å². The fourth-order valence-electron chi connectivity index (χ4n) is 2.97. The number of aryl methyl sites for hydroxylation is 1. The summed E-state index contributed by atoms with van der Waals surface area (Å²) in [5.41, 5.74) is 10.1. The van der Waals surface area contributed by atoms with E-state index in [2.05, 4.69) is 15.0 Å². The van der Waals surface area contributed by atoms with E-state index in [9.17, 15) is 0 Å². The van der Waals surface area contributed by atoms with Crippen LogP contribution < -0.4 is 5.73 Å². The second kappa shape index (κ2) is 4.30. The third-order valence-electron chi connectivity index (χ3n) is 3.86. The van der Waals surface area contributed by atoms with Gasteiger partial charge in [-0.2, -0.15) is 0 Å². The summed E-state index contributed by atoms with van der Waals surface area (Å²) in [6.07, 6.45) is 7.47. The van der Waals surface area contributed by atoms with Gasteiger partial charge in [-0.05, 0) is 43.4 Å². The largest absolute Gasteiger partial charge is 0.464 e. The molecule has 0 fully saturated rings. The Labute approximate surface area is 115 Å². The van der Waals surface area contributed by atoms with Gasteiger partial charge in [0.25, 0.3) is 0 Å². The molecule has 0 saturated carbocycles. The van der Waals surface area contributed by atoms with Gasteiger partial charge in [0.15, 0.2) is 5.65 Å². The summed E-state index contributed by atoms with van der Waals surface area (Å²) in [5, 5.41) is 0.808. The highest BCUT2D eigenvalue weighted by molar-refractivity contribution is 6.00. The number of rotatable bonds is 1. The summed E-state index contributed by atoms with van der Waals surface area (Å²) >= 11 is 0. The number of anilines is 1. The molecule has 1 aliphatic carbocycles. The number of hydrogen-bond donors (Lipinski definition) is 1. The molecule has 1 aliphatic rings. The van der Waals surface area contributed by atoms with Gasteiger partial charge in [-0.15, -0.1) is 0 Å². The zero-order valence-corrected chi connectivity index (χ0v) is 11.0. The molecule has 5 nitrogen and oxygen atoms in total. The molecule has 0 amide bonds. The third kappa shape index (κ3) is 1.59. The number of fused-ring (bicyclic) bond motifs is 2. The Hall–Kier alpha value is -2.43. The topological polar surface area (TPSA) is 77.8 Å². The molecule has 5 heteroatoms. The second-order valence-electron chi connectivity index (χ2n) is 5.05. The van der Waals surface area contributed by atoms with Crippen molar-refractivity contribution in [3.05, 3.63) is 36.0 Å². The number of pyridine rings is 1. The molecule has 0 atom stereocenters. The summed E-state index contributed by atoms with van der Waals surface area (Å²) in [5.74, 6) is 1.28. The van der Waals surface area contributed by atoms with Crippen LogP contribution in [-0.4, -0.2) is 15.0 Å². The predicted molar refractivity (Wildman–Crippen MR) is 76.1 cm³/mol. The monoisotopic (exact) mass is 266 g/mol. The maximum atomic E-state index is 6.06. The van der Waals surface area contributed by atoms with Crippen LogP contribution in [-0.2, 0) is 12.8 Å². The molecule has 0 saturated heterocycles. The normalized spacial score (nSPS) is 14.4. The van der Waals surface area contributed by atoms with E-state index < -0.39 is 0 Å². The minimum absolute atomic E-state index is 0.460. The van der Waals surface area contributed by atoms with Crippen LogP contribution in [0.25, 0.3) is 22.4 Å². The van der Waals surface area contributed by atoms with Gasteiger partial charge >= 0.3 is 0 Å². The highest BCUT2D eigenvalue weighted by Crippen LogP contribution is 2.37. The molecule has 0 bridgehead atoms. The fraction of sp³-hybridized carbons (Fsp3) is 0.267. The van der Waals surface area contributed by atoms with Gasteiger partial charge < -0.3 is 10.2 Å². The van der Waals surface area contributed by atoms with Gasteiger partial charge in [-0.25, -0.2) is 15.0 Å². The summed E-state index contributed by atoms with van der Waals surface area (Å²) in [7, 11) is 0. The summed E-state index contributed by atoms with van der Waals surface area (Å²) in [6.45, 7) is 0. The van der Waals surface area contributed by atoms with E-state index in [-0.39, 0.29) is 0 Å². The molecule has 2 N–H and O–H groups in total. The average molecular weight is 266 g/mol. The van der Waals surface area contributed by atoms with Crippen LogP contribution >= 0.6 is 0 Å². The Kier molecular flexibility index (Phi) is 2.45. The lowest BCUT2D eigenvalue weighted by atomic mass is 9.89. The Morgan fingerprint density at radius 2 is 2.05 bits per heavy atom. The Bertz CT molecular complexity index is 780. The van der Waals surface area contributed by atoms with Crippen LogP contribution in [0.1, 0.15) is 24.1 Å². The van der Waals surface area contributed by atoms with Gasteiger partial charge in [-0.1, -0.05) is 0 Å². The molecule has 0 aromatic carbocycles.